The SMILES string of the molecule is O=C(Nc1cc(C(=O)N[C@H]2CCCC[C@@H]2O)ccc1Cl)c1cncc(OCC2CC2)c1. The molecule has 7 nitrogen and oxygen atoms in total. The summed E-state index contributed by atoms with van der Waals surface area (Å²) in [4.78, 5) is 29.4. The molecular weight excluding hydrogens is 418 g/mol. The van der Waals surface area contributed by atoms with Crippen molar-refractivity contribution in [2.45, 2.75) is 50.7 Å². The van der Waals surface area contributed by atoms with Gasteiger partial charge in [0.1, 0.15) is 5.75 Å². The quantitative estimate of drug-likeness (QED) is 0.604. The van der Waals surface area contributed by atoms with E-state index in [1.807, 2.05) is 0 Å². The summed E-state index contributed by atoms with van der Waals surface area (Å²) in [7, 11) is 0. The molecule has 8 heteroatoms. The number of carbonyl (C=O) groups excluding carboxylic acids is 2. The Labute approximate surface area is 186 Å². The van der Waals surface area contributed by atoms with Crippen molar-refractivity contribution >= 4 is 29.1 Å². The highest BCUT2D eigenvalue weighted by Gasteiger charge is 2.25. The molecule has 2 atom stereocenters. The third-order valence-electron chi connectivity index (χ3n) is 5.68. The molecule has 164 valence electrons. The number of halogens is 1. The van der Waals surface area contributed by atoms with Gasteiger partial charge >= 0.3 is 0 Å². The molecule has 1 heterocycles. The second-order valence-corrected chi connectivity index (χ2v) is 8.65. The van der Waals surface area contributed by atoms with E-state index in [1.54, 1.807) is 24.4 Å². The van der Waals surface area contributed by atoms with Crippen molar-refractivity contribution in [3.63, 3.8) is 0 Å². The lowest BCUT2D eigenvalue weighted by atomic mass is 9.92. The van der Waals surface area contributed by atoms with Gasteiger partial charge < -0.3 is 20.5 Å². The smallest absolute Gasteiger partial charge is 0.257 e. The van der Waals surface area contributed by atoms with Gasteiger partial charge in [-0.15, -0.1) is 0 Å². The molecule has 2 saturated carbocycles. The van der Waals surface area contributed by atoms with E-state index in [1.165, 1.54) is 25.1 Å². The van der Waals surface area contributed by atoms with E-state index < -0.39 is 12.0 Å². The minimum absolute atomic E-state index is 0.264. The fourth-order valence-electron chi connectivity index (χ4n) is 3.61. The molecule has 0 unspecified atom stereocenters. The van der Waals surface area contributed by atoms with Crippen molar-refractivity contribution < 1.29 is 19.4 Å². The largest absolute Gasteiger partial charge is 0.492 e. The lowest BCUT2D eigenvalue weighted by molar-refractivity contribution is 0.0717. The number of rotatable bonds is 7. The summed E-state index contributed by atoms with van der Waals surface area (Å²) in [5.74, 6) is 0.437. The van der Waals surface area contributed by atoms with E-state index in [4.69, 9.17) is 16.3 Å². The Balaban J connectivity index is 1.42. The average molecular weight is 444 g/mol. The molecular formula is C23H26ClN3O4. The van der Waals surface area contributed by atoms with Gasteiger partial charge in [0.15, 0.2) is 0 Å². The summed E-state index contributed by atoms with van der Waals surface area (Å²) in [6, 6.07) is 6.07. The zero-order valence-corrected chi connectivity index (χ0v) is 17.9. The highest BCUT2D eigenvalue weighted by atomic mass is 35.5. The van der Waals surface area contributed by atoms with Crippen LogP contribution in [0.25, 0.3) is 0 Å². The molecule has 2 aliphatic carbocycles. The first-order valence-corrected chi connectivity index (χ1v) is 11.0. The molecule has 1 aromatic heterocycles. The maximum atomic E-state index is 12.7. The van der Waals surface area contributed by atoms with E-state index in [0.29, 0.717) is 46.5 Å². The molecule has 4 rings (SSSR count). The Bertz CT molecular complexity index is 964. The summed E-state index contributed by atoms with van der Waals surface area (Å²) >= 11 is 6.24. The molecule has 3 N–H and O–H groups in total. The molecule has 0 bridgehead atoms. The van der Waals surface area contributed by atoms with Gasteiger partial charge in [0.25, 0.3) is 11.8 Å². The van der Waals surface area contributed by atoms with Crippen molar-refractivity contribution in [3.8, 4) is 5.75 Å². The molecule has 2 aromatic rings. The van der Waals surface area contributed by atoms with Gasteiger partial charge in [-0.25, -0.2) is 0 Å². The van der Waals surface area contributed by atoms with Crippen LogP contribution in [0, 0.1) is 5.92 Å². The van der Waals surface area contributed by atoms with Crippen molar-refractivity contribution in [1.29, 1.82) is 0 Å². The third-order valence-corrected chi connectivity index (χ3v) is 6.01. The highest BCUT2D eigenvalue weighted by Crippen LogP contribution is 2.30. The van der Waals surface area contributed by atoms with Crippen LogP contribution in [-0.2, 0) is 0 Å². The van der Waals surface area contributed by atoms with Gasteiger partial charge in [0.05, 0.1) is 41.2 Å². The van der Waals surface area contributed by atoms with Gasteiger partial charge in [0.2, 0.25) is 0 Å². The van der Waals surface area contributed by atoms with E-state index in [9.17, 15) is 14.7 Å². The van der Waals surface area contributed by atoms with Crippen molar-refractivity contribution in [2.75, 3.05) is 11.9 Å². The summed E-state index contributed by atoms with van der Waals surface area (Å²) in [5, 5.41) is 16.0. The standard InChI is InChI=1S/C23H26ClN3O4/c24-18-8-7-15(22(29)26-19-3-1-2-4-21(19)28)10-20(18)27-23(30)16-9-17(12-25-11-16)31-13-14-5-6-14/h7-12,14,19,21,28H,1-6,13H2,(H,26,29)(H,27,30)/t19-,21-/m0/s1. The average Bonchev–Trinajstić information content (AvgIpc) is 3.60. The van der Waals surface area contributed by atoms with E-state index in [2.05, 4.69) is 15.6 Å². The predicted molar refractivity (Wildman–Crippen MR) is 118 cm³/mol. The lowest BCUT2D eigenvalue weighted by Gasteiger charge is -2.28. The summed E-state index contributed by atoms with van der Waals surface area (Å²) < 4.78 is 5.68. The number of hydrogen-bond donors (Lipinski definition) is 3. The van der Waals surface area contributed by atoms with Crippen LogP contribution in [0.2, 0.25) is 5.02 Å². The van der Waals surface area contributed by atoms with E-state index >= 15 is 0 Å². The number of hydrogen-bond acceptors (Lipinski definition) is 5. The topological polar surface area (TPSA) is 101 Å². The summed E-state index contributed by atoms with van der Waals surface area (Å²) in [5.41, 5.74) is 1.02. The lowest BCUT2D eigenvalue weighted by Crippen LogP contribution is -2.45. The number of nitrogens with one attached hydrogen (secondary N) is 2. The van der Waals surface area contributed by atoms with Gasteiger partial charge in [0, 0.05) is 11.8 Å². The Morgan fingerprint density at radius 2 is 1.87 bits per heavy atom. The number of amides is 2. The monoisotopic (exact) mass is 443 g/mol. The number of benzene rings is 1. The van der Waals surface area contributed by atoms with Crippen molar-refractivity contribution in [1.82, 2.24) is 10.3 Å². The number of aliphatic hydroxyl groups excluding tert-OH is 1. The fraction of sp³-hybridized carbons (Fsp3) is 0.435. The fourth-order valence-corrected chi connectivity index (χ4v) is 3.77. The van der Waals surface area contributed by atoms with Crippen LogP contribution >= 0.6 is 11.6 Å². The van der Waals surface area contributed by atoms with Crippen molar-refractivity contribution in [3.05, 3.63) is 52.8 Å². The second-order valence-electron chi connectivity index (χ2n) is 8.24. The van der Waals surface area contributed by atoms with Crippen LogP contribution in [0.3, 0.4) is 0 Å². The van der Waals surface area contributed by atoms with Crippen LogP contribution in [0.4, 0.5) is 5.69 Å². The van der Waals surface area contributed by atoms with Crippen molar-refractivity contribution in [2.24, 2.45) is 5.92 Å². The van der Waals surface area contributed by atoms with Crippen LogP contribution in [0.15, 0.2) is 36.7 Å². The van der Waals surface area contributed by atoms with Gasteiger partial charge in [-0.05, 0) is 55.9 Å². The van der Waals surface area contributed by atoms with Gasteiger partial charge in [-0.2, -0.15) is 0 Å². The third kappa shape index (κ3) is 5.74. The molecule has 31 heavy (non-hydrogen) atoms. The number of nitrogens with zero attached hydrogens (tertiary/aromatic N) is 1. The maximum Gasteiger partial charge on any atom is 0.257 e. The van der Waals surface area contributed by atoms with Crippen LogP contribution < -0.4 is 15.4 Å². The first-order valence-electron chi connectivity index (χ1n) is 10.7. The number of aromatic nitrogens is 1. The Morgan fingerprint density at radius 1 is 1.06 bits per heavy atom. The van der Waals surface area contributed by atoms with Crippen LogP contribution in [0.5, 0.6) is 5.75 Å². The number of aliphatic hydroxyl groups is 1. The number of anilines is 1. The van der Waals surface area contributed by atoms with E-state index in [0.717, 1.165) is 19.3 Å². The second kappa shape index (κ2) is 9.66. The maximum absolute atomic E-state index is 12.7. The Kier molecular flexibility index (Phi) is 6.73. The predicted octanol–water partition coefficient (Wildman–Crippen LogP) is 3.81. The molecule has 1 aromatic carbocycles. The molecule has 2 amide bonds. The zero-order chi connectivity index (χ0) is 21.8. The van der Waals surface area contributed by atoms with Gasteiger partial charge in [-0.1, -0.05) is 24.4 Å². The molecule has 0 aliphatic heterocycles. The zero-order valence-electron chi connectivity index (χ0n) is 17.1. The minimum Gasteiger partial charge on any atom is -0.492 e. The minimum atomic E-state index is -0.536. The summed E-state index contributed by atoms with van der Waals surface area (Å²) in [6.45, 7) is 0.630. The van der Waals surface area contributed by atoms with E-state index in [-0.39, 0.29) is 11.9 Å². The Hall–Kier alpha value is -2.64. The first-order chi connectivity index (χ1) is 15.0. The molecule has 0 spiro atoms. The molecule has 0 radical (unpaired) electrons. The number of pyridine rings is 1. The highest BCUT2D eigenvalue weighted by molar-refractivity contribution is 6.34. The summed E-state index contributed by atoms with van der Waals surface area (Å²) in [6.07, 6.45) is 8.22. The molecule has 2 aliphatic rings. The molecule has 0 saturated heterocycles. The first kappa shape index (κ1) is 21.6. The number of carbonyl (C=O) groups is 2. The van der Waals surface area contributed by atoms with Crippen LogP contribution in [-0.4, -0.2) is 40.7 Å². The van der Waals surface area contributed by atoms with Gasteiger partial charge in [-0.3, -0.25) is 14.6 Å². The molecule has 2 fully saturated rings. The van der Waals surface area contributed by atoms with Crippen LogP contribution in [0.1, 0.15) is 59.2 Å². The number of ether oxygens (including phenoxy) is 1. The normalized spacial score (nSPS) is 20.7. The Morgan fingerprint density at radius 3 is 2.65 bits per heavy atom.